The predicted octanol–water partition coefficient (Wildman–Crippen LogP) is 2.57. The number of anilines is 1. The summed E-state index contributed by atoms with van der Waals surface area (Å²) in [6.45, 7) is 0.0263. The van der Waals surface area contributed by atoms with Crippen LogP contribution in [0.15, 0.2) is 42.5 Å². The molecule has 25 heavy (non-hydrogen) atoms. The third-order valence-corrected chi connectivity index (χ3v) is 3.61. The number of aliphatic hydroxyl groups excluding tert-OH is 1. The van der Waals surface area contributed by atoms with Crippen LogP contribution in [0, 0.1) is 0 Å². The van der Waals surface area contributed by atoms with Gasteiger partial charge in [0.2, 0.25) is 0 Å². The van der Waals surface area contributed by atoms with E-state index in [4.69, 9.17) is 14.2 Å². The number of urea groups is 1. The van der Waals surface area contributed by atoms with Gasteiger partial charge in [-0.1, -0.05) is 18.2 Å². The van der Waals surface area contributed by atoms with Gasteiger partial charge >= 0.3 is 6.03 Å². The molecule has 2 rings (SSSR count). The van der Waals surface area contributed by atoms with Crippen LogP contribution >= 0.6 is 0 Å². The first-order valence-electron chi connectivity index (χ1n) is 7.67. The number of amides is 2. The lowest BCUT2D eigenvalue weighted by atomic mass is 10.1. The number of aliphatic hydroxyl groups is 1. The first kappa shape index (κ1) is 18.4. The number of nitrogens with one attached hydrogen (secondary N) is 2. The molecule has 0 aliphatic carbocycles. The van der Waals surface area contributed by atoms with E-state index >= 15 is 0 Å². The smallest absolute Gasteiger partial charge is 0.319 e. The highest BCUT2D eigenvalue weighted by atomic mass is 16.5. The topological polar surface area (TPSA) is 89.1 Å². The first-order valence-corrected chi connectivity index (χ1v) is 7.67. The van der Waals surface area contributed by atoms with Crippen molar-refractivity contribution >= 4 is 11.7 Å². The molecule has 0 radical (unpaired) electrons. The van der Waals surface area contributed by atoms with E-state index in [9.17, 15) is 9.90 Å². The molecule has 2 aromatic carbocycles. The summed E-state index contributed by atoms with van der Waals surface area (Å²) >= 11 is 0. The molecule has 2 amide bonds. The molecule has 0 spiro atoms. The fraction of sp³-hybridized carbons (Fsp3) is 0.278. The van der Waals surface area contributed by atoms with Gasteiger partial charge in [-0.25, -0.2) is 4.79 Å². The highest BCUT2D eigenvalue weighted by Gasteiger charge is 2.15. The number of benzene rings is 2. The van der Waals surface area contributed by atoms with Crippen LogP contribution in [0.3, 0.4) is 0 Å². The maximum absolute atomic E-state index is 12.1. The molecular weight excluding hydrogens is 324 g/mol. The number of hydrogen-bond acceptors (Lipinski definition) is 5. The third kappa shape index (κ3) is 4.77. The minimum Gasteiger partial charge on any atom is -0.497 e. The molecule has 0 aliphatic rings. The molecule has 0 aliphatic heterocycles. The normalized spacial score (nSPS) is 11.4. The van der Waals surface area contributed by atoms with E-state index in [1.165, 1.54) is 21.3 Å². The average Bonchev–Trinajstić information content (AvgIpc) is 2.65. The number of methoxy groups -OCH3 is 3. The fourth-order valence-electron chi connectivity index (χ4n) is 2.32. The zero-order valence-corrected chi connectivity index (χ0v) is 14.4. The van der Waals surface area contributed by atoms with E-state index in [2.05, 4.69) is 10.6 Å². The zero-order chi connectivity index (χ0) is 18.2. The number of ether oxygens (including phenoxy) is 3. The Morgan fingerprint density at radius 1 is 1.04 bits per heavy atom. The largest absolute Gasteiger partial charge is 0.497 e. The predicted molar refractivity (Wildman–Crippen MR) is 94.5 cm³/mol. The molecule has 1 unspecified atom stereocenters. The van der Waals surface area contributed by atoms with Crippen LogP contribution in [-0.2, 0) is 0 Å². The number of carbonyl (C=O) groups is 1. The van der Waals surface area contributed by atoms with E-state index in [1.807, 2.05) is 6.07 Å². The standard InChI is InChI=1S/C18H22N2O5/c1-23-12-8-9-17(25-3)14(10-12)20-18(22)19-11-15(21)13-6-4-5-7-16(13)24-2/h4-10,15,21H,11H2,1-3H3,(H2,19,20,22). The lowest BCUT2D eigenvalue weighted by Gasteiger charge is -2.16. The molecule has 3 N–H and O–H groups in total. The zero-order valence-electron chi connectivity index (χ0n) is 14.4. The van der Waals surface area contributed by atoms with Crippen LogP contribution in [0.1, 0.15) is 11.7 Å². The lowest BCUT2D eigenvalue weighted by molar-refractivity contribution is 0.171. The average molecular weight is 346 g/mol. The van der Waals surface area contributed by atoms with Crippen molar-refractivity contribution in [1.29, 1.82) is 0 Å². The van der Waals surface area contributed by atoms with Crippen molar-refractivity contribution < 1.29 is 24.1 Å². The highest BCUT2D eigenvalue weighted by molar-refractivity contribution is 5.91. The van der Waals surface area contributed by atoms with E-state index < -0.39 is 12.1 Å². The molecule has 0 fully saturated rings. The molecule has 0 saturated heterocycles. The monoisotopic (exact) mass is 346 g/mol. The van der Waals surface area contributed by atoms with Crippen molar-refractivity contribution in [2.24, 2.45) is 0 Å². The Balaban J connectivity index is 1.99. The van der Waals surface area contributed by atoms with Crippen molar-refractivity contribution in [3.05, 3.63) is 48.0 Å². The second-order valence-electron chi connectivity index (χ2n) is 5.16. The summed E-state index contributed by atoms with van der Waals surface area (Å²) in [5.74, 6) is 1.65. The molecule has 1 atom stereocenters. The van der Waals surface area contributed by atoms with Crippen molar-refractivity contribution in [2.75, 3.05) is 33.2 Å². The summed E-state index contributed by atoms with van der Waals surface area (Å²) in [6, 6.07) is 11.7. The lowest BCUT2D eigenvalue weighted by Crippen LogP contribution is -2.32. The Morgan fingerprint density at radius 2 is 1.76 bits per heavy atom. The van der Waals surface area contributed by atoms with Gasteiger partial charge < -0.3 is 30.0 Å². The quantitative estimate of drug-likeness (QED) is 0.717. The van der Waals surface area contributed by atoms with Gasteiger partial charge in [0.1, 0.15) is 17.2 Å². The minimum absolute atomic E-state index is 0.0263. The van der Waals surface area contributed by atoms with E-state index in [0.29, 0.717) is 28.5 Å². The molecule has 134 valence electrons. The Morgan fingerprint density at radius 3 is 2.44 bits per heavy atom. The van der Waals surface area contributed by atoms with E-state index in [1.54, 1.807) is 36.4 Å². The van der Waals surface area contributed by atoms with Gasteiger partial charge in [-0.05, 0) is 18.2 Å². The van der Waals surface area contributed by atoms with E-state index in [-0.39, 0.29) is 6.54 Å². The van der Waals surface area contributed by atoms with Gasteiger partial charge in [0.15, 0.2) is 0 Å². The molecule has 0 bridgehead atoms. The van der Waals surface area contributed by atoms with Crippen LogP contribution in [0.25, 0.3) is 0 Å². The van der Waals surface area contributed by atoms with Gasteiger partial charge in [0.25, 0.3) is 0 Å². The highest BCUT2D eigenvalue weighted by Crippen LogP contribution is 2.29. The molecule has 0 aromatic heterocycles. The van der Waals surface area contributed by atoms with Crippen LogP contribution in [0.2, 0.25) is 0 Å². The SMILES string of the molecule is COc1ccc(OC)c(NC(=O)NCC(O)c2ccccc2OC)c1. The molecular formula is C18H22N2O5. The number of hydrogen-bond donors (Lipinski definition) is 3. The van der Waals surface area contributed by atoms with Crippen molar-refractivity contribution in [3.63, 3.8) is 0 Å². The van der Waals surface area contributed by atoms with Crippen LogP contribution in [0.5, 0.6) is 17.2 Å². The molecule has 7 nitrogen and oxygen atoms in total. The number of rotatable bonds is 7. The van der Waals surface area contributed by atoms with Gasteiger partial charge in [-0.3, -0.25) is 0 Å². The second kappa shape index (κ2) is 8.79. The second-order valence-corrected chi connectivity index (χ2v) is 5.16. The van der Waals surface area contributed by atoms with Crippen LogP contribution in [-0.4, -0.2) is 39.0 Å². The Labute approximate surface area is 146 Å². The molecule has 7 heteroatoms. The summed E-state index contributed by atoms with van der Waals surface area (Å²) < 4.78 is 15.5. The van der Waals surface area contributed by atoms with Gasteiger partial charge in [0.05, 0.1) is 33.1 Å². The van der Waals surface area contributed by atoms with Crippen LogP contribution < -0.4 is 24.8 Å². The maximum atomic E-state index is 12.1. The van der Waals surface area contributed by atoms with Gasteiger partial charge in [0, 0.05) is 18.2 Å². The number of para-hydroxylation sites is 1. The van der Waals surface area contributed by atoms with Gasteiger partial charge in [-0.2, -0.15) is 0 Å². The van der Waals surface area contributed by atoms with Crippen LogP contribution in [0.4, 0.5) is 10.5 Å². The Kier molecular flexibility index (Phi) is 6.47. The first-order chi connectivity index (χ1) is 12.1. The molecule has 2 aromatic rings. The summed E-state index contributed by atoms with van der Waals surface area (Å²) in [5, 5.41) is 15.6. The number of carbonyl (C=O) groups excluding carboxylic acids is 1. The minimum atomic E-state index is -0.894. The fourth-order valence-corrected chi connectivity index (χ4v) is 2.32. The molecule has 0 saturated carbocycles. The van der Waals surface area contributed by atoms with Crippen molar-refractivity contribution in [1.82, 2.24) is 5.32 Å². The summed E-state index contributed by atoms with van der Waals surface area (Å²) in [5.41, 5.74) is 1.07. The van der Waals surface area contributed by atoms with Crippen molar-refractivity contribution in [3.8, 4) is 17.2 Å². The maximum Gasteiger partial charge on any atom is 0.319 e. The van der Waals surface area contributed by atoms with Crippen molar-refractivity contribution in [2.45, 2.75) is 6.10 Å². The third-order valence-electron chi connectivity index (χ3n) is 3.61. The van der Waals surface area contributed by atoms with Gasteiger partial charge in [-0.15, -0.1) is 0 Å². The summed E-state index contributed by atoms with van der Waals surface area (Å²) in [4.78, 5) is 12.1. The Hall–Kier alpha value is -2.93. The Bertz CT molecular complexity index is 720. The van der Waals surface area contributed by atoms with E-state index in [0.717, 1.165) is 0 Å². The molecule has 0 heterocycles. The summed E-state index contributed by atoms with van der Waals surface area (Å²) in [6.07, 6.45) is -0.894. The summed E-state index contributed by atoms with van der Waals surface area (Å²) in [7, 11) is 4.58.